The van der Waals surface area contributed by atoms with Gasteiger partial charge in [0.2, 0.25) is 11.8 Å². The first-order valence-corrected chi connectivity index (χ1v) is 9.30. The van der Waals surface area contributed by atoms with E-state index in [1.54, 1.807) is 11.1 Å². The van der Waals surface area contributed by atoms with Crippen LogP contribution in [0.2, 0.25) is 0 Å². The lowest BCUT2D eigenvalue weighted by Gasteiger charge is -2.36. The molecular formula is C19H28N4O2. The standard InChI is InChI=1S/C19H28N4O2/c1-22-12-8-15(13-18(22)24)19(25)23(14-16-5-2-3-10-21-16)17-6-4-9-20-11-7-17/h2-3,5,10,15,17,20H,4,6-9,11-14H2,1H3. The molecular weight excluding hydrogens is 316 g/mol. The zero-order valence-corrected chi connectivity index (χ0v) is 15.0. The highest BCUT2D eigenvalue weighted by atomic mass is 16.2. The second-order valence-corrected chi connectivity index (χ2v) is 7.13. The quantitative estimate of drug-likeness (QED) is 0.897. The van der Waals surface area contributed by atoms with E-state index in [1.807, 2.05) is 30.1 Å². The predicted octanol–water partition coefficient (Wildman–Crippen LogP) is 1.42. The van der Waals surface area contributed by atoms with E-state index < -0.39 is 0 Å². The number of pyridine rings is 1. The van der Waals surface area contributed by atoms with Gasteiger partial charge in [0.1, 0.15) is 0 Å². The Hall–Kier alpha value is -1.95. The van der Waals surface area contributed by atoms with Gasteiger partial charge in [-0.05, 0) is 50.9 Å². The summed E-state index contributed by atoms with van der Waals surface area (Å²) in [5.41, 5.74) is 0.910. The first-order valence-electron chi connectivity index (χ1n) is 9.30. The second kappa shape index (κ2) is 8.43. The van der Waals surface area contributed by atoms with Gasteiger partial charge in [0, 0.05) is 38.2 Å². The van der Waals surface area contributed by atoms with E-state index in [1.165, 1.54) is 0 Å². The molecule has 1 N–H and O–H groups in total. The van der Waals surface area contributed by atoms with Crippen LogP contribution in [0.5, 0.6) is 0 Å². The van der Waals surface area contributed by atoms with Gasteiger partial charge in [-0.25, -0.2) is 0 Å². The Balaban J connectivity index is 1.77. The zero-order chi connectivity index (χ0) is 17.6. The van der Waals surface area contributed by atoms with Gasteiger partial charge in [-0.3, -0.25) is 14.6 Å². The summed E-state index contributed by atoms with van der Waals surface area (Å²) in [6.07, 6.45) is 5.89. The molecule has 0 aliphatic carbocycles. The minimum atomic E-state index is -0.191. The molecule has 136 valence electrons. The summed E-state index contributed by atoms with van der Waals surface area (Å²) < 4.78 is 0. The number of amides is 2. The number of piperidine rings is 1. The van der Waals surface area contributed by atoms with E-state index in [9.17, 15) is 9.59 Å². The lowest BCUT2D eigenvalue weighted by Crippen LogP contribution is -2.47. The number of likely N-dealkylation sites (tertiary alicyclic amines) is 1. The molecule has 1 aromatic rings. The van der Waals surface area contributed by atoms with Crippen molar-refractivity contribution in [2.24, 2.45) is 5.92 Å². The van der Waals surface area contributed by atoms with Crippen molar-refractivity contribution < 1.29 is 9.59 Å². The van der Waals surface area contributed by atoms with Gasteiger partial charge in [0.05, 0.1) is 12.2 Å². The van der Waals surface area contributed by atoms with Crippen molar-refractivity contribution in [1.82, 2.24) is 20.1 Å². The molecule has 2 atom stereocenters. The third kappa shape index (κ3) is 4.57. The van der Waals surface area contributed by atoms with E-state index in [0.717, 1.165) is 44.5 Å². The molecule has 1 aromatic heterocycles. The average molecular weight is 344 g/mol. The molecule has 2 aliphatic rings. The third-order valence-electron chi connectivity index (χ3n) is 5.34. The van der Waals surface area contributed by atoms with Crippen LogP contribution < -0.4 is 5.32 Å². The van der Waals surface area contributed by atoms with Crippen LogP contribution >= 0.6 is 0 Å². The largest absolute Gasteiger partial charge is 0.346 e. The number of carbonyl (C=O) groups excluding carboxylic acids is 2. The molecule has 6 heteroatoms. The molecule has 25 heavy (non-hydrogen) atoms. The van der Waals surface area contributed by atoms with Crippen molar-refractivity contribution >= 4 is 11.8 Å². The highest BCUT2D eigenvalue weighted by Crippen LogP contribution is 2.24. The van der Waals surface area contributed by atoms with Crippen molar-refractivity contribution in [1.29, 1.82) is 0 Å². The maximum absolute atomic E-state index is 13.3. The lowest BCUT2D eigenvalue weighted by molar-refractivity contribution is -0.146. The fourth-order valence-corrected chi connectivity index (χ4v) is 3.75. The van der Waals surface area contributed by atoms with Crippen LogP contribution in [0.1, 0.15) is 37.8 Å². The van der Waals surface area contributed by atoms with Crippen LogP contribution in [-0.4, -0.2) is 59.3 Å². The number of nitrogens with zero attached hydrogens (tertiary/aromatic N) is 3. The molecule has 3 rings (SSSR count). The SMILES string of the molecule is CN1CCC(C(=O)N(Cc2ccccn2)C2CCCNCC2)CC1=O. The smallest absolute Gasteiger partial charge is 0.226 e. The number of hydrogen-bond donors (Lipinski definition) is 1. The Morgan fingerprint density at radius 3 is 2.96 bits per heavy atom. The monoisotopic (exact) mass is 344 g/mol. The van der Waals surface area contributed by atoms with Crippen molar-refractivity contribution in [3.63, 3.8) is 0 Å². The molecule has 2 unspecified atom stereocenters. The fraction of sp³-hybridized carbons (Fsp3) is 0.632. The summed E-state index contributed by atoms with van der Waals surface area (Å²) in [5.74, 6) is 0.00699. The van der Waals surface area contributed by atoms with Crippen LogP contribution in [0.25, 0.3) is 0 Å². The molecule has 0 bridgehead atoms. The molecule has 0 radical (unpaired) electrons. The summed E-state index contributed by atoms with van der Waals surface area (Å²) in [7, 11) is 1.81. The van der Waals surface area contributed by atoms with Gasteiger partial charge in [-0.2, -0.15) is 0 Å². The molecule has 0 saturated carbocycles. The van der Waals surface area contributed by atoms with E-state index in [2.05, 4.69) is 10.3 Å². The third-order valence-corrected chi connectivity index (χ3v) is 5.34. The zero-order valence-electron chi connectivity index (χ0n) is 15.0. The highest BCUT2D eigenvalue weighted by molar-refractivity contribution is 5.87. The minimum absolute atomic E-state index is 0.0740. The summed E-state index contributed by atoms with van der Waals surface area (Å²) in [6, 6.07) is 6.04. The van der Waals surface area contributed by atoms with Crippen molar-refractivity contribution in [3.8, 4) is 0 Å². The van der Waals surface area contributed by atoms with Crippen LogP contribution in [0.4, 0.5) is 0 Å². The number of nitrogens with one attached hydrogen (secondary N) is 1. The van der Waals surface area contributed by atoms with Crippen LogP contribution in [0.15, 0.2) is 24.4 Å². The van der Waals surface area contributed by atoms with Gasteiger partial charge in [0.25, 0.3) is 0 Å². The fourth-order valence-electron chi connectivity index (χ4n) is 3.75. The lowest BCUT2D eigenvalue weighted by atomic mass is 9.93. The number of carbonyl (C=O) groups is 2. The van der Waals surface area contributed by atoms with E-state index >= 15 is 0 Å². The Bertz CT molecular complexity index is 584. The Morgan fingerprint density at radius 2 is 2.20 bits per heavy atom. The normalized spacial score (nSPS) is 24.7. The Kier molecular flexibility index (Phi) is 6.02. The number of hydrogen-bond acceptors (Lipinski definition) is 4. The number of aromatic nitrogens is 1. The molecule has 3 heterocycles. The van der Waals surface area contributed by atoms with Crippen LogP contribution in [0, 0.1) is 5.92 Å². The van der Waals surface area contributed by atoms with Crippen molar-refractivity contribution in [2.75, 3.05) is 26.7 Å². The maximum Gasteiger partial charge on any atom is 0.226 e. The molecule has 0 spiro atoms. The molecule has 2 amide bonds. The molecule has 2 fully saturated rings. The van der Waals surface area contributed by atoms with E-state index in [0.29, 0.717) is 19.5 Å². The topological polar surface area (TPSA) is 65.5 Å². The van der Waals surface area contributed by atoms with Gasteiger partial charge < -0.3 is 15.1 Å². The summed E-state index contributed by atoms with van der Waals surface area (Å²) in [4.78, 5) is 33.5. The minimum Gasteiger partial charge on any atom is -0.346 e. The molecule has 2 saturated heterocycles. The van der Waals surface area contributed by atoms with E-state index in [-0.39, 0.29) is 23.8 Å². The maximum atomic E-state index is 13.3. The van der Waals surface area contributed by atoms with Crippen LogP contribution in [0.3, 0.4) is 0 Å². The van der Waals surface area contributed by atoms with Gasteiger partial charge in [0.15, 0.2) is 0 Å². The van der Waals surface area contributed by atoms with Crippen molar-refractivity contribution in [3.05, 3.63) is 30.1 Å². The second-order valence-electron chi connectivity index (χ2n) is 7.13. The molecule has 0 aromatic carbocycles. The molecule has 2 aliphatic heterocycles. The van der Waals surface area contributed by atoms with E-state index in [4.69, 9.17) is 0 Å². The first kappa shape index (κ1) is 17.9. The van der Waals surface area contributed by atoms with Gasteiger partial charge >= 0.3 is 0 Å². The predicted molar refractivity (Wildman–Crippen MR) is 95.7 cm³/mol. The highest BCUT2D eigenvalue weighted by Gasteiger charge is 2.34. The summed E-state index contributed by atoms with van der Waals surface area (Å²) >= 11 is 0. The Labute approximate surface area is 149 Å². The average Bonchev–Trinajstić information content (AvgIpc) is 2.91. The summed E-state index contributed by atoms with van der Waals surface area (Å²) in [6.45, 7) is 3.14. The first-order chi connectivity index (χ1) is 12.1. The van der Waals surface area contributed by atoms with Gasteiger partial charge in [-0.1, -0.05) is 6.07 Å². The summed E-state index contributed by atoms with van der Waals surface area (Å²) in [5, 5.41) is 3.41. The Morgan fingerprint density at radius 1 is 1.32 bits per heavy atom. The number of rotatable bonds is 4. The molecule has 6 nitrogen and oxygen atoms in total. The van der Waals surface area contributed by atoms with Crippen LogP contribution in [-0.2, 0) is 16.1 Å². The van der Waals surface area contributed by atoms with Gasteiger partial charge in [-0.15, -0.1) is 0 Å². The van der Waals surface area contributed by atoms with Crippen molar-refractivity contribution in [2.45, 2.75) is 44.7 Å².